The van der Waals surface area contributed by atoms with Gasteiger partial charge in [0.2, 0.25) is 5.89 Å². The van der Waals surface area contributed by atoms with Crippen LogP contribution in [0, 0.1) is 0 Å². The molecular weight excluding hydrogens is 276 g/mol. The smallest absolute Gasteiger partial charge is 0.320 e. The fourth-order valence-electron chi connectivity index (χ4n) is 1.61. The molecule has 1 aromatic heterocycles. The summed E-state index contributed by atoms with van der Waals surface area (Å²) in [6.45, 7) is 0. The molecule has 2 aromatic rings. The van der Waals surface area contributed by atoms with E-state index in [9.17, 15) is 4.79 Å². The van der Waals surface area contributed by atoms with Crippen LogP contribution in [0.15, 0.2) is 40.9 Å². The van der Waals surface area contributed by atoms with Crippen LogP contribution in [0.5, 0.6) is 0 Å². The number of thioether (sulfide) groups is 1. The molecule has 0 radical (unpaired) electrons. The molecule has 2 rings (SSSR count). The van der Waals surface area contributed by atoms with Crippen molar-refractivity contribution < 1.29 is 14.3 Å². The van der Waals surface area contributed by atoms with E-state index in [1.807, 2.05) is 30.3 Å². The summed E-state index contributed by atoms with van der Waals surface area (Å²) in [4.78, 5) is 14.8. The third-order valence-electron chi connectivity index (χ3n) is 2.73. The molecule has 0 aliphatic carbocycles. The predicted molar refractivity (Wildman–Crippen MR) is 78.3 cm³/mol. The summed E-state index contributed by atoms with van der Waals surface area (Å²) in [5, 5.41) is 8.66. The van der Waals surface area contributed by atoms with Crippen LogP contribution in [0.4, 0.5) is 0 Å². The number of rotatable bonds is 7. The summed E-state index contributed by atoms with van der Waals surface area (Å²) in [5.74, 6) is 1.68. The summed E-state index contributed by atoms with van der Waals surface area (Å²) < 4.78 is 5.64. The molecular formula is C14H16N2O3S. The number of hydrogen-bond donors (Lipinski definition) is 2. The van der Waals surface area contributed by atoms with Crippen molar-refractivity contribution in [2.75, 3.05) is 5.75 Å². The van der Waals surface area contributed by atoms with Gasteiger partial charge in [0.15, 0.2) is 5.76 Å². The Morgan fingerprint density at radius 1 is 1.40 bits per heavy atom. The summed E-state index contributed by atoms with van der Waals surface area (Å²) >= 11 is 1.56. The Bertz CT molecular complexity index is 557. The van der Waals surface area contributed by atoms with Crippen LogP contribution in [0.3, 0.4) is 0 Å². The zero-order chi connectivity index (χ0) is 14.4. The van der Waals surface area contributed by atoms with Crippen molar-refractivity contribution in [2.24, 2.45) is 5.73 Å². The second-order valence-electron chi connectivity index (χ2n) is 4.27. The third kappa shape index (κ3) is 4.11. The minimum Gasteiger partial charge on any atom is -0.480 e. The zero-order valence-corrected chi connectivity index (χ0v) is 11.7. The standard InChI is InChI=1S/C14H16N2O3S/c15-11(14(17)18)6-7-20-9-13-16-8-12(19-13)10-4-2-1-3-5-10/h1-5,8,11H,6-7,9,15H2,(H,17,18). The Hall–Kier alpha value is -1.79. The quantitative estimate of drug-likeness (QED) is 0.762. The minimum absolute atomic E-state index is 0.437. The summed E-state index contributed by atoms with van der Waals surface area (Å²) in [6.07, 6.45) is 2.14. The van der Waals surface area contributed by atoms with Crippen molar-refractivity contribution >= 4 is 17.7 Å². The molecule has 0 aliphatic heterocycles. The van der Waals surface area contributed by atoms with Gasteiger partial charge in [-0.2, -0.15) is 11.8 Å². The van der Waals surface area contributed by atoms with Crippen molar-refractivity contribution in [3.63, 3.8) is 0 Å². The topological polar surface area (TPSA) is 89.4 Å². The van der Waals surface area contributed by atoms with Crippen LogP contribution in [-0.4, -0.2) is 27.9 Å². The summed E-state index contributed by atoms with van der Waals surface area (Å²) in [7, 11) is 0. The normalized spacial score (nSPS) is 12.2. The molecule has 0 saturated carbocycles. The Morgan fingerprint density at radius 2 is 2.15 bits per heavy atom. The van der Waals surface area contributed by atoms with Gasteiger partial charge in [-0.05, 0) is 12.2 Å². The van der Waals surface area contributed by atoms with E-state index < -0.39 is 12.0 Å². The molecule has 6 heteroatoms. The SMILES string of the molecule is NC(CCSCc1ncc(-c2ccccc2)o1)C(=O)O. The highest BCUT2D eigenvalue weighted by atomic mass is 32.2. The summed E-state index contributed by atoms with van der Waals surface area (Å²) in [6, 6.07) is 8.96. The molecule has 0 saturated heterocycles. The van der Waals surface area contributed by atoms with Crippen molar-refractivity contribution in [1.29, 1.82) is 0 Å². The molecule has 0 fully saturated rings. The van der Waals surface area contributed by atoms with E-state index in [0.29, 0.717) is 23.8 Å². The maximum absolute atomic E-state index is 10.6. The third-order valence-corrected chi connectivity index (χ3v) is 3.70. The van der Waals surface area contributed by atoms with E-state index in [1.165, 1.54) is 0 Å². The average Bonchev–Trinajstić information content (AvgIpc) is 2.93. The molecule has 0 spiro atoms. The first-order valence-corrected chi connectivity index (χ1v) is 7.38. The van der Waals surface area contributed by atoms with Gasteiger partial charge >= 0.3 is 5.97 Å². The lowest BCUT2D eigenvalue weighted by molar-refractivity contribution is -0.138. The number of carboxylic acid groups (broad SMARTS) is 1. The lowest BCUT2D eigenvalue weighted by atomic mass is 10.2. The molecule has 20 heavy (non-hydrogen) atoms. The van der Waals surface area contributed by atoms with Gasteiger partial charge in [0.1, 0.15) is 6.04 Å². The fraction of sp³-hybridized carbons (Fsp3) is 0.286. The number of benzene rings is 1. The minimum atomic E-state index is -0.965. The molecule has 1 unspecified atom stereocenters. The maximum Gasteiger partial charge on any atom is 0.320 e. The molecule has 0 amide bonds. The predicted octanol–water partition coefficient (Wildman–Crippen LogP) is 2.38. The van der Waals surface area contributed by atoms with Crippen molar-refractivity contribution in [3.05, 3.63) is 42.4 Å². The number of carboxylic acids is 1. The van der Waals surface area contributed by atoms with Gasteiger partial charge in [-0.25, -0.2) is 4.98 Å². The highest BCUT2D eigenvalue weighted by molar-refractivity contribution is 7.98. The number of oxazole rings is 1. The monoisotopic (exact) mass is 292 g/mol. The Morgan fingerprint density at radius 3 is 2.85 bits per heavy atom. The number of aliphatic carboxylic acids is 1. The van der Waals surface area contributed by atoms with Gasteiger partial charge < -0.3 is 15.3 Å². The number of hydrogen-bond acceptors (Lipinski definition) is 5. The number of nitrogens with zero attached hydrogens (tertiary/aromatic N) is 1. The summed E-state index contributed by atoms with van der Waals surface area (Å²) in [5.41, 5.74) is 6.41. The molecule has 0 aliphatic rings. The largest absolute Gasteiger partial charge is 0.480 e. The van der Waals surface area contributed by atoms with E-state index in [2.05, 4.69) is 4.98 Å². The van der Waals surface area contributed by atoms with Crippen molar-refractivity contribution in [3.8, 4) is 11.3 Å². The average molecular weight is 292 g/mol. The van der Waals surface area contributed by atoms with E-state index in [4.69, 9.17) is 15.3 Å². The van der Waals surface area contributed by atoms with Crippen LogP contribution in [0.25, 0.3) is 11.3 Å². The molecule has 5 nitrogen and oxygen atoms in total. The van der Waals surface area contributed by atoms with Gasteiger partial charge in [-0.15, -0.1) is 0 Å². The van der Waals surface area contributed by atoms with Gasteiger partial charge in [0.05, 0.1) is 11.9 Å². The van der Waals surface area contributed by atoms with Gasteiger partial charge in [0.25, 0.3) is 0 Å². The van der Waals surface area contributed by atoms with Crippen LogP contribution >= 0.6 is 11.8 Å². The maximum atomic E-state index is 10.6. The van der Waals surface area contributed by atoms with E-state index in [-0.39, 0.29) is 0 Å². The zero-order valence-electron chi connectivity index (χ0n) is 10.9. The lowest BCUT2D eigenvalue weighted by Gasteiger charge is -2.04. The second-order valence-corrected chi connectivity index (χ2v) is 5.38. The van der Waals surface area contributed by atoms with E-state index >= 15 is 0 Å². The van der Waals surface area contributed by atoms with Crippen molar-refractivity contribution in [2.45, 2.75) is 18.2 Å². The number of carbonyl (C=O) groups is 1. The molecule has 0 bridgehead atoms. The molecule has 106 valence electrons. The first-order valence-electron chi connectivity index (χ1n) is 6.23. The van der Waals surface area contributed by atoms with E-state index in [0.717, 1.165) is 11.3 Å². The first-order chi connectivity index (χ1) is 9.66. The van der Waals surface area contributed by atoms with Gasteiger partial charge in [-0.1, -0.05) is 30.3 Å². The number of nitrogens with two attached hydrogens (primary N) is 1. The van der Waals surface area contributed by atoms with Crippen LogP contribution in [-0.2, 0) is 10.5 Å². The second kappa shape index (κ2) is 7.12. The molecule has 1 atom stereocenters. The Labute approximate surface area is 121 Å². The van der Waals surface area contributed by atoms with Crippen LogP contribution in [0.1, 0.15) is 12.3 Å². The molecule has 3 N–H and O–H groups in total. The number of aromatic nitrogens is 1. The van der Waals surface area contributed by atoms with Crippen LogP contribution < -0.4 is 5.73 Å². The fourth-order valence-corrected chi connectivity index (χ4v) is 2.48. The van der Waals surface area contributed by atoms with Gasteiger partial charge in [-0.3, -0.25) is 4.79 Å². The van der Waals surface area contributed by atoms with Crippen LogP contribution in [0.2, 0.25) is 0 Å². The highest BCUT2D eigenvalue weighted by Gasteiger charge is 2.11. The van der Waals surface area contributed by atoms with Gasteiger partial charge in [0, 0.05) is 5.56 Å². The van der Waals surface area contributed by atoms with E-state index in [1.54, 1.807) is 18.0 Å². The first kappa shape index (κ1) is 14.6. The molecule has 1 aromatic carbocycles. The Kier molecular flexibility index (Phi) is 5.20. The van der Waals surface area contributed by atoms with Crippen molar-refractivity contribution in [1.82, 2.24) is 4.98 Å². The lowest BCUT2D eigenvalue weighted by Crippen LogP contribution is -2.30. The molecule has 1 heterocycles. The Balaban J connectivity index is 1.81. The highest BCUT2D eigenvalue weighted by Crippen LogP contribution is 2.22.